The van der Waals surface area contributed by atoms with Gasteiger partial charge in [-0.05, 0) is 38.0 Å². The van der Waals surface area contributed by atoms with Gasteiger partial charge in [0.05, 0.1) is 0 Å². The Balaban J connectivity index is 4.27. The number of aliphatic carboxylic acids is 1. The van der Waals surface area contributed by atoms with Crippen LogP contribution in [0, 0.1) is 11.3 Å². The van der Waals surface area contributed by atoms with Crippen LogP contribution in [0.15, 0.2) is 0 Å². The summed E-state index contributed by atoms with van der Waals surface area (Å²) < 4.78 is 0. The lowest BCUT2D eigenvalue weighted by Crippen LogP contribution is -2.40. The van der Waals surface area contributed by atoms with Crippen LogP contribution in [-0.2, 0) is 4.79 Å². The van der Waals surface area contributed by atoms with Crippen molar-refractivity contribution in [1.82, 2.24) is 10.2 Å². The van der Waals surface area contributed by atoms with E-state index in [2.05, 4.69) is 26.1 Å². The van der Waals surface area contributed by atoms with Crippen molar-refractivity contribution in [2.45, 2.75) is 53.9 Å². The second kappa shape index (κ2) is 8.82. The summed E-state index contributed by atoms with van der Waals surface area (Å²) in [4.78, 5) is 24.3. The fourth-order valence-corrected chi connectivity index (χ4v) is 2.28. The Bertz CT molecular complexity index is 307. The number of carboxylic acid groups (broad SMARTS) is 1. The van der Waals surface area contributed by atoms with Crippen LogP contribution in [0.5, 0.6) is 0 Å². The van der Waals surface area contributed by atoms with Crippen molar-refractivity contribution in [3.63, 3.8) is 0 Å². The third kappa shape index (κ3) is 7.36. The maximum atomic E-state index is 11.8. The van der Waals surface area contributed by atoms with Gasteiger partial charge in [0.15, 0.2) is 0 Å². The molecule has 0 aliphatic rings. The number of carboxylic acids is 1. The normalized spacial score (nSPS) is 12.8. The van der Waals surface area contributed by atoms with Gasteiger partial charge in [-0.2, -0.15) is 0 Å². The maximum absolute atomic E-state index is 11.8. The van der Waals surface area contributed by atoms with E-state index >= 15 is 0 Å². The predicted molar refractivity (Wildman–Crippen MR) is 80.8 cm³/mol. The Labute approximate surface area is 122 Å². The number of hydrogen-bond donors (Lipinski definition) is 2. The molecule has 0 saturated heterocycles. The lowest BCUT2D eigenvalue weighted by Gasteiger charge is -2.31. The topological polar surface area (TPSA) is 69.6 Å². The molecule has 0 aromatic rings. The number of rotatable bonds is 8. The van der Waals surface area contributed by atoms with Crippen molar-refractivity contribution in [2.24, 2.45) is 11.3 Å². The Morgan fingerprint density at radius 1 is 1.15 bits per heavy atom. The van der Waals surface area contributed by atoms with Crippen molar-refractivity contribution in [1.29, 1.82) is 0 Å². The number of nitrogens with one attached hydrogen (secondary N) is 1. The quantitative estimate of drug-likeness (QED) is 0.720. The van der Waals surface area contributed by atoms with Gasteiger partial charge < -0.3 is 15.3 Å². The number of nitrogens with zero attached hydrogens (tertiary/aromatic N) is 1. The van der Waals surface area contributed by atoms with Gasteiger partial charge in [-0.15, -0.1) is 0 Å². The second-order valence-electron chi connectivity index (χ2n) is 6.19. The summed E-state index contributed by atoms with van der Waals surface area (Å²) >= 11 is 0. The number of carbonyl (C=O) groups is 2. The van der Waals surface area contributed by atoms with Gasteiger partial charge in [-0.1, -0.05) is 20.8 Å². The molecule has 2 N–H and O–H groups in total. The lowest BCUT2D eigenvalue weighted by molar-refractivity contribution is -0.137. The number of hydrogen-bond acceptors (Lipinski definition) is 2. The first-order valence-electron chi connectivity index (χ1n) is 7.46. The van der Waals surface area contributed by atoms with Crippen molar-refractivity contribution in [3.05, 3.63) is 0 Å². The number of carbonyl (C=O) groups excluding carboxylic acids is 1. The van der Waals surface area contributed by atoms with Gasteiger partial charge in [-0.25, -0.2) is 4.79 Å². The molecule has 0 spiro atoms. The van der Waals surface area contributed by atoms with Crippen molar-refractivity contribution in [3.8, 4) is 0 Å². The molecule has 0 heterocycles. The minimum Gasteiger partial charge on any atom is -0.481 e. The SMILES string of the molecule is CCN(CC)C(=O)NCCC(CCC(=O)O)C(C)(C)C. The van der Waals surface area contributed by atoms with Gasteiger partial charge in [0, 0.05) is 26.1 Å². The molecule has 0 aromatic heterocycles. The minimum absolute atomic E-state index is 0.0408. The van der Waals surface area contributed by atoms with Crippen molar-refractivity contribution < 1.29 is 14.7 Å². The summed E-state index contributed by atoms with van der Waals surface area (Å²) in [6, 6.07) is -0.0408. The molecule has 0 saturated carbocycles. The van der Waals surface area contributed by atoms with Gasteiger partial charge in [-0.3, -0.25) is 4.79 Å². The highest BCUT2D eigenvalue weighted by Gasteiger charge is 2.25. The molecule has 20 heavy (non-hydrogen) atoms. The summed E-state index contributed by atoms with van der Waals surface area (Å²) in [7, 11) is 0. The molecule has 0 radical (unpaired) electrons. The molecule has 0 rings (SSSR count). The summed E-state index contributed by atoms with van der Waals surface area (Å²) in [6.45, 7) is 12.2. The molecule has 0 fully saturated rings. The molecule has 5 heteroatoms. The number of amides is 2. The average Bonchev–Trinajstić information content (AvgIpc) is 2.33. The van der Waals surface area contributed by atoms with E-state index < -0.39 is 5.97 Å². The molecule has 0 bridgehead atoms. The lowest BCUT2D eigenvalue weighted by atomic mass is 9.76. The highest BCUT2D eigenvalue weighted by Crippen LogP contribution is 2.32. The molecular formula is C15H30N2O3. The van der Waals surface area contributed by atoms with E-state index in [-0.39, 0.29) is 23.8 Å². The molecule has 2 amide bonds. The molecule has 0 aromatic carbocycles. The Hall–Kier alpha value is -1.26. The van der Waals surface area contributed by atoms with Gasteiger partial charge in [0.1, 0.15) is 0 Å². The first-order valence-corrected chi connectivity index (χ1v) is 7.46. The van der Waals surface area contributed by atoms with E-state index in [0.29, 0.717) is 26.1 Å². The van der Waals surface area contributed by atoms with E-state index in [4.69, 9.17) is 5.11 Å². The average molecular weight is 286 g/mol. The van der Waals surface area contributed by atoms with Crippen molar-refractivity contribution >= 4 is 12.0 Å². The monoisotopic (exact) mass is 286 g/mol. The van der Waals surface area contributed by atoms with E-state index in [1.54, 1.807) is 4.90 Å². The van der Waals surface area contributed by atoms with Crippen LogP contribution in [0.3, 0.4) is 0 Å². The first-order chi connectivity index (χ1) is 9.22. The summed E-state index contributed by atoms with van der Waals surface area (Å²) in [5, 5.41) is 11.7. The molecule has 0 aliphatic carbocycles. The van der Waals surface area contributed by atoms with Crippen molar-refractivity contribution in [2.75, 3.05) is 19.6 Å². The summed E-state index contributed by atoms with van der Waals surface area (Å²) in [5.74, 6) is -0.470. The Kier molecular flexibility index (Phi) is 8.26. The van der Waals surface area contributed by atoms with Gasteiger partial charge >= 0.3 is 12.0 Å². The Morgan fingerprint density at radius 3 is 2.10 bits per heavy atom. The summed E-state index contributed by atoms with van der Waals surface area (Å²) in [5.41, 5.74) is 0.0510. The first kappa shape index (κ1) is 18.7. The fourth-order valence-electron chi connectivity index (χ4n) is 2.28. The van der Waals surface area contributed by atoms with E-state index in [0.717, 1.165) is 6.42 Å². The molecule has 118 valence electrons. The second-order valence-corrected chi connectivity index (χ2v) is 6.19. The standard InChI is InChI=1S/C15H30N2O3/c1-6-17(7-2)14(20)16-11-10-12(15(3,4)5)8-9-13(18)19/h12H,6-11H2,1-5H3,(H,16,20)(H,18,19). The molecule has 1 atom stereocenters. The van der Waals surface area contributed by atoms with Crippen LogP contribution >= 0.6 is 0 Å². The van der Waals surface area contributed by atoms with Crippen LogP contribution < -0.4 is 5.32 Å². The molecule has 0 aliphatic heterocycles. The molecule has 5 nitrogen and oxygen atoms in total. The maximum Gasteiger partial charge on any atom is 0.317 e. The highest BCUT2D eigenvalue weighted by atomic mass is 16.4. The van der Waals surface area contributed by atoms with Crippen LogP contribution in [0.2, 0.25) is 0 Å². The third-order valence-electron chi connectivity index (χ3n) is 3.75. The van der Waals surface area contributed by atoms with Gasteiger partial charge in [0.25, 0.3) is 0 Å². The highest BCUT2D eigenvalue weighted by molar-refractivity contribution is 5.74. The van der Waals surface area contributed by atoms with Crippen LogP contribution in [0.4, 0.5) is 4.79 Å². The van der Waals surface area contributed by atoms with E-state index in [1.165, 1.54) is 0 Å². The molecule has 1 unspecified atom stereocenters. The van der Waals surface area contributed by atoms with E-state index in [1.807, 2.05) is 13.8 Å². The summed E-state index contributed by atoms with van der Waals surface area (Å²) in [6.07, 6.45) is 1.65. The van der Waals surface area contributed by atoms with E-state index in [9.17, 15) is 9.59 Å². The zero-order valence-corrected chi connectivity index (χ0v) is 13.5. The minimum atomic E-state index is -0.758. The smallest absolute Gasteiger partial charge is 0.317 e. The zero-order valence-electron chi connectivity index (χ0n) is 13.5. The van der Waals surface area contributed by atoms with Crippen LogP contribution in [0.1, 0.15) is 53.9 Å². The Morgan fingerprint density at radius 2 is 1.70 bits per heavy atom. The number of urea groups is 1. The fraction of sp³-hybridized carbons (Fsp3) is 0.867. The predicted octanol–water partition coefficient (Wildman–Crippen LogP) is 2.96. The van der Waals surface area contributed by atoms with Crippen LogP contribution in [-0.4, -0.2) is 41.6 Å². The third-order valence-corrected chi connectivity index (χ3v) is 3.75. The van der Waals surface area contributed by atoms with Gasteiger partial charge in [0.2, 0.25) is 0 Å². The molecular weight excluding hydrogens is 256 g/mol. The van der Waals surface area contributed by atoms with Crippen LogP contribution in [0.25, 0.3) is 0 Å². The zero-order chi connectivity index (χ0) is 15.8. The largest absolute Gasteiger partial charge is 0.481 e.